The van der Waals surface area contributed by atoms with Gasteiger partial charge in [-0.1, -0.05) is 60.6 Å². The molecule has 1 aromatic heterocycles. The monoisotopic (exact) mass is 627 g/mol. The van der Waals surface area contributed by atoms with E-state index in [-0.39, 0.29) is 5.56 Å². The fraction of sp³-hybridized carbons (Fsp3) is 0.306. The number of hydrogen-bond acceptors (Lipinski definition) is 7. The second kappa shape index (κ2) is 14.5. The van der Waals surface area contributed by atoms with Crippen LogP contribution in [0.25, 0.3) is 22.0 Å². The fourth-order valence-corrected chi connectivity index (χ4v) is 6.17. The van der Waals surface area contributed by atoms with E-state index < -0.39 is 5.60 Å². The Morgan fingerprint density at radius 2 is 1.84 bits per heavy atom. The Hall–Kier alpha value is -3.92. The normalized spacial score (nSPS) is 15.6. The summed E-state index contributed by atoms with van der Waals surface area (Å²) in [6, 6.07) is 22.6. The lowest BCUT2D eigenvalue weighted by molar-refractivity contribution is 0.0374. The standard InChI is InChI=1S/C36H42ClN5O3/c1-4-40(2)34(24-38)36(44,28-11-9-26(10-12-28)25-39-15-6-16-42-17-19-45-20-18-42)29-13-14-33-32(22-29)31(23-35(43)41(33)3)27-7-5-8-30(37)21-27/h4-5,7-14,21-24,39,44H,1,6,15-20,25,38H2,2-3H3/b34-24-. The van der Waals surface area contributed by atoms with Crippen LogP contribution in [0.5, 0.6) is 0 Å². The van der Waals surface area contributed by atoms with Crippen molar-refractivity contribution in [1.29, 1.82) is 0 Å². The number of fused-ring (bicyclic) bond motifs is 1. The third-order valence-corrected chi connectivity index (χ3v) is 8.85. The first kappa shape index (κ1) is 32.5. The highest BCUT2D eigenvalue weighted by atomic mass is 35.5. The number of morpholine rings is 1. The number of rotatable bonds is 12. The summed E-state index contributed by atoms with van der Waals surface area (Å²) >= 11 is 6.33. The zero-order valence-corrected chi connectivity index (χ0v) is 26.8. The van der Waals surface area contributed by atoms with E-state index in [2.05, 4.69) is 16.8 Å². The van der Waals surface area contributed by atoms with Crippen molar-refractivity contribution in [1.82, 2.24) is 19.7 Å². The van der Waals surface area contributed by atoms with Gasteiger partial charge in [-0.25, -0.2) is 0 Å². The summed E-state index contributed by atoms with van der Waals surface area (Å²) in [5.41, 5.74) is 9.49. The molecule has 1 unspecified atom stereocenters. The zero-order valence-electron chi connectivity index (χ0n) is 26.0. The van der Waals surface area contributed by atoms with Gasteiger partial charge in [-0.2, -0.15) is 0 Å². The number of benzene rings is 3. The van der Waals surface area contributed by atoms with Gasteiger partial charge in [0.05, 0.1) is 24.4 Å². The first-order chi connectivity index (χ1) is 21.8. The van der Waals surface area contributed by atoms with Gasteiger partial charge in [0.1, 0.15) is 0 Å². The Labute approximate surface area is 270 Å². The maximum Gasteiger partial charge on any atom is 0.251 e. The highest BCUT2D eigenvalue weighted by Crippen LogP contribution is 2.40. The molecule has 0 amide bonds. The van der Waals surface area contributed by atoms with Gasteiger partial charge in [-0.3, -0.25) is 9.69 Å². The summed E-state index contributed by atoms with van der Waals surface area (Å²) in [7, 11) is 3.54. The molecule has 0 spiro atoms. The maximum absolute atomic E-state index is 12.9. The Morgan fingerprint density at radius 3 is 2.53 bits per heavy atom. The molecule has 0 bridgehead atoms. The Kier molecular flexibility index (Phi) is 10.4. The molecule has 1 aliphatic heterocycles. The van der Waals surface area contributed by atoms with E-state index in [1.165, 1.54) is 6.20 Å². The molecule has 0 saturated carbocycles. The summed E-state index contributed by atoms with van der Waals surface area (Å²) in [6.45, 7) is 10.2. The number of pyridine rings is 1. The second-order valence-corrected chi connectivity index (χ2v) is 11.9. The minimum atomic E-state index is -1.63. The molecular formula is C36H42ClN5O3. The lowest BCUT2D eigenvalue weighted by Crippen LogP contribution is -2.37. The van der Waals surface area contributed by atoms with Gasteiger partial charge in [0, 0.05) is 56.4 Å². The van der Waals surface area contributed by atoms with Crippen LogP contribution >= 0.6 is 11.6 Å². The summed E-state index contributed by atoms with van der Waals surface area (Å²) in [6.07, 6.45) is 4.09. The van der Waals surface area contributed by atoms with Crippen LogP contribution in [0.15, 0.2) is 102 Å². The third kappa shape index (κ3) is 7.01. The maximum atomic E-state index is 12.9. The van der Waals surface area contributed by atoms with Crippen molar-refractivity contribution in [3.8, 4) is 11.1 Å². The average Bonchev–Trinajstić information content (AvgIpc) is 3.06. The smallest absolute Gasteiger partial charge is 0.251 e. The number of likely N-dealkylation sites (N-methyl/N-ethyl adjacent to an activating group) is 1. The lowest BCUT2D eigenvalue weighted by atomic mass is 9.81. The van der Waals surface area contributed by atoms with Crippen LogP contribution in [0.3, 0.4) is 0 Å². The van der Waals surface area contributed by atoms with Gasteiger partial charge < -0.3 is 30.4 Å². The Bertz CT molecular complexity index is 1730. The minimum Gasteiger partial charge on any atom is -0.403 e. The number of nitrogens with two attached hydrogens (primary N) is 1. The van der Waals surface area contributed by atoms with E-state index >= 15 is 0 Å². The van der Waals surface area contributed by atoms with Crippen molar-refractivity contribution in [2.24, 2.45) is 12.8 Å². The number of aromatic nitrogens is 1. The van der Waals surface area contributed by atoms with Crippen LogP contribution in [-0.4, -0.2) is 65.9 Å². The van der Waals surface area contributed by atoms with Gasteiger partial charge >= 0.3 is 0 Å². The molecule has 9 heteroatoms. The number of nitrogens with zero attached hydrogens (tertiary/aromatic N) is 3. The molecule has 45 heavy (non-hydrogen) atoms. The number of nitrogens with one attached hydrogen (secondary N) is 1. The number of hydrogen-bond donors (Lipinski definition) is 3. The molecule has 236 valence electrons. The van der Waals surface area contributed by atoms with E-state index in [1.807, 2.05) is 60.7 Å². The number of ether oxygens (including phenoxy) is 1. The van der Waals surface area contributed by atoms with Crippen LogP contribution in [-0.2, 0) is 23.9 Å². The van der Waals surface area contributed by atoms with E-state index in [1.54, 1.807) is 41.9 Å². The van der Waals surface area contributed by atoms with Crippen LogP contribution < -0.4 is 16.6 Å². The highest BCUT2D eigenvalue weighted by molar-refractivity contribution is 6.30. The summed E-state index contributed by atoms with van der Waals surface area (Å²) in [4.78, 5) is 17.1. The predicted molar refractivity (Wildman–Crippen MR) is 183 cm³/mol. The molecule has 0 radical (unpaired) electrons. The molecule has 5 rings (SSSR count). The van der Waals surface area contributed by atoms with E-state index in [0.29, 0.717) is 21.8 Å². The molecule has 3 aromatic carbocycles. The molecule has 1 saturated heterocycles. The van der Waals surface area contributed by atoms with Crippen molar-refractivity contribution in [2.45, 2.75) is 18.6 Å². The second-order valence-electron chi connectivity index (χ2n) is 11.4. The summed E-state index contributed by atoms with van der Waals surface area (Å²) in [5, 5.41) is 17.6. The van der Waals surface area contributed by atoms with Crippen molar-refractivity contribution in [2.75, 3.05) is 46.4 Å². The predicted octanol–water partition coefficient (Wildman–Crippen LogP) is 4.78. The van der Waals surface area contributed by atoms with Crippen molar-refractivity contribution < 1.29 is 9.84 Å². The largest absolute Gasteiger partial charge is 0.403 e. The van der Waals surface area contributed by atoms with Crippen LogP contribution in [0.1, 0.15) is 23.1 Å². The summed E-state index contributed by atoms with van der Waals surface area (Å²) < 4.78 is 7.04. The van der Waals surface area contributed by atoms with Crippen molar-refractivity contribution in [3.05, 3.63) is 130 Å². The van der Waals surface area contributed by atoms with Crippen molar-refractivity contribution in [3.63, 3.8) is 0 Å². The Morgan fingerprint density at radius 1 is 1.11 bits per heavy atom. The van der Waals surface area contributed by atoms with Crippen LogP contribution in [0.2, 0.25) is 5.02 Å². The number of halogens is 1. The molecule has 8 nitrogen and oxygen atoms in total. The minimum absolute atomic E-state index is 0.139. The first-order valence-electron chi connectivity index (χ1n) is 15.3. The van der Waals surface area contributed by atoms with Gasteiger partial charge in [-0.15, -0.1) is 0 Å². The van der Waals surface area contributed by atoms with Crippen LogP contribution in [0, 0.1) is 0 Å². The quantitative estimate of drug-likeness (QED) is 0.195. The third-order valence-electron chi connectivity index (χ3n) is 8.61. The lowest BCUT2D eigenvalue weighted by Gasteiger charge is -2.36. The van der Waals surface area contributed by atoms with Gasteiger partial charge in [-0.05, 0) is 77.8 Å². The topological polar surface area (TPSA) is 96.0 Å². The van der Waals surface area contributed by atoms with Crippen molar-refractivity contribution >= 4 is 22.5 Å². The Balaban J connectivity index is 1.49. The number of aryl methyl sites for hydroxylation is 1. The molecule has 1 fully saturated rings. The average molecular weight is 628 g/mol. The first-order valence-corrected chi connectivity index (χ1v) is 15.6. The molecule has 2 heterocycles. The molecule has 0 aliphatic carbocycles. The highest BCUT2D eigenvalue weighted by Gasteiger charge is 2.38. The van der Waals surface area contributed by atoms with Crippen LogP contribution in [0.4, 0.5) is 0 Å². The van der Waals surface area contributed by atoms with Gasteiger partial charge in [0.2, 0.25) is 0 Å². The van der Waals surface area contributed by atoms with E-state index in [0.717, 1.165) is 80.0 Å². The van der Waals surface area contributed by atoms with Gasteiger partial charge in [0.25, 0.3) is 5.56 Å². The van der Waals surface area contributed by atoms with E-state index in [4.69, 9.17) is 22.1 Å². The SMILES string of the molecule is C=CN(C)/C(=C\N)C(O)(c1ccc(CNCCCN2CCOCC2)cc1)c1ccc2c(c1)c(-c1cccc(Cl)c1)cc(=O)n2C. The zero-order chi connectivity index (χ0) is 32.0. The van der Waals surface area contributed by atoms with E-state index in [9.17, 15) is 9.90 Å². The van der Waals surface area contributed by atoms with Gasteiger partial charge in [0.15, 0.2) is 5.60 Å². The summed E-state index contributed by atoms with van der Waals surface area (Å²) in [5.74, 6) is 0. The molecule has 4 aromatic rings. The molecule has 4 N–H and O–H groups in total. The number of aliphatic hydroxyl groups is 1. The molecule has 1 aliphatic rings. The fourth-order valence-electron chi connectivity index (χ4n) is 5.98. The molecular weight excluding hydrogens is 586 g/mol. The molecule has 1 atom stereocenters.